The molecule has 1 fully saturated rings. The van der Waals surface area contributed by atoms with E-state index in [0.29, 0.717) is 63.2 Å². The van der Waals surface area contributed by atoms with Crippen molar-refractivity contribution in [3.63, 3.8) is 0 Å². The fraction of sp³-hybridized carbons (Fsp3) is 0.194. The van der Waals surface area contributed by atoms with Gasteiger partial charge in [0.15, 0.2) is 0 Å². The third kappa shape index (κ3) is 6.16. The fourth-order valence-corrected chi connectivity index (χ4v) is 5.26. The van der Waals surface area contributed by atoms with Crippen molar-refractivity contribution in [1.82, 2.24) is 15.6 Å². The fourth-order valence-electron chi connectivity index (χ4n) is 4.98. The van der Waals surface area contributed by atoms with E-state index < -0.39 is 47.1 Å². The molecule has 5 rings (SSSR count). The van der Waals surface area contributed by atoms with Crippen LogP contribution in [0.25, 0.3) is 22.0 Å². The smallest absolute Gasteiger partial charge is 0.326 e. The van der Waals surface area contributed by atoms with Gasteiger partial charge in [-0.05, 0) is 48.7 Å². The lowest BCUT2D eigenvalue weighted by Crippen LogP contribution is -2.46. The number of amides is 2. The molecular weight excluding hydrogens is 582 g/mol. The molecule has 0 aliphatic heterocycles. The molecule has 1 aromatic heterocycles. The van der Waals surface area contributed by atoms with Crippen LogP contribution in [0.5, 0.6) is 0 Å². The van der Waals surface area contributed by atoms with E-state index in [0.717, 1.165) is 0 Å². The van der Waals surface area contributed by atoms with Crippen LogP contribution < -0.4 is 10.6 Å². The third-order valence-electron chi connectivity index (χ3n) is 7.26. The second kappa shape index (κ2) is 12.1. The lowest BCUT2D eigenvalue weighted by Gasteiger charge is -2.31. The van der Waals surface area contributed by atoms with Crippen molar-refractivity contribution in [3.05, 3.63) is 99.7 Å². The summed E-state index contributed by atoms with van der Waals surface area (Å²) in [4.78, 5) is 41.8. The number of benzene rings is 3. The lowest BCUT2D eigenvalue weighted by molar-refractivity contribution is -0.139. The van der Waals surface area contributed by atoms with Crippen molar-refractivity contribution >= 4 is 40.3 Å². The van der Waals surface area contributed by atoms with Crippen molar-refractivity contribution in [2.75, 3.05) is 0 Å². The Kier molecular flexibility index (Phi) is 8.34. The van der Waals surface area contributed by atoms with Crippen LogP contribution in [-0.4, -0.2) is 51.2 Å². The van der Waals surface area contributed by atoms with Crippen molar-refractivity contribution in [1.29, 1.82) is 5.26 Å². The van der Waals surface area contributed by atoms with Crippen LogP contribution in [0, 0.1) is 23.0 Å². The average molecular weight is 605 g/mol. The number of nitrogens with one attached hydrogen (secondary N) is 2. The summed E-state index contributed by atoms with van der Waals surface area (Å²) in [5.74, 6) is -6.18. The van der Waals surface area contributed by atoms with Crippen LogP contribution in [0.4, 0.5) is 8.78 Å². The standard InChI is InChI=1S/C31H23ClF2N4O5/c32-23-8-15(14-35)3-5-21(23)22-6-4-16(20-2-1-7-36-28(20)22)11-26(31(42)43)38-30(41)27-24(33)9-17(10-25(27)34)29(40)37-18-12-19(39)13-18/h1-10,18-19,26,39H,11-13H2,(H,37,40)(H,38,41)(H,42,43)/t18?,19?,26-/m0/s1. The summed E-state index contributed by atoms with van der Waals surface area (Å²) in [7, 11) is 0. The molecule has 0 bridgehead atoms. The molecule has 12 heteroatoms. The van der Waals surface area contributed by atoms with Gasteiger partial charge in [-0.2, -0.15) is 5.26 Å². The van der Waals surface area contributed by atoms with E-state index in [2.05, 4.69) is 15.6 Å². The largest absolute Gasteiger partial charge is 0.480 e. The van der Waals surface area contributed by atoms with Gasteiger partial charge in [-0.1, -0.05) is 35.9 Å². The molecule has 0 radical (unpaired) electrons. The van der Waals surface area contributed by atoms with Crippen LogP contribution in [0.2, 0.25) is 5.02 Å². The van der Waals surface area contributed by atoms with E-state index in [-0.39, 0.29) is 18.0 Å². The molecule has 43 heavy (non-hydrogen) atoms. The minimum atomic E-state index is -1.58. The number of halogens is 3. The second-order valence-corrected chi connectivity index (χ2v) is 10.6. The number of nitrogens with zero attached hydrogens (tertiary/aromatic N) is 2. The molecular formula is C31H23ClF2N4O5. The number of aliphatic carboxylic acids is 1. The van der Waals surface area contributed by atoms with Gasteiger partial charge in [0.1, 0.15) is 23.2 Å². The maximum absolute atomic E-state index is 14.9. The van der Waals surface area contributed by atoms with Gasteiger partial charge in [-0.15, -0.1) is 0 Å². The molecule has 0 saturated heterocycles. The van der Waals surface area contributed by atoms with Gasteiger partial charge in [0, 0.05) is 45.8 Å². The van der Waals surface area contributed by atoms with E-state index in [1.165, 1.54) is 6.07 Å². The van der Waals surface area contributed by atoms with Crippen LogP contribution in [0.15, 0.2) is 60.8 Å². The summed E-state index contributed by atoms with van der Waals surface area (Å²) >= 11 is 6.42. The molecule has 218 valence electrons. The zero-order chi connectivity index (χ0) is 30.8. The summed E-state index contributed by atoms with van der Waals surface area (Å²) in [5, 5.41) is 34.0. The maximum atomic E-state index is 14.9. The van der Waals surface area contributed by atoms with Crippen LogP contribution in [0.1, 0.15) is 44.7 Å². The summed E-state index contributed by atoms with van der Waals surface area (Å²) in [5.41, 5.74) is 1.20. The molecule has 9 nitrogen and oxygen atoms in total. The van der Waals surface area contributed by atoms with E-state index in [9.17, 15) is 33.4 Å². The molecule has 1 atom stereocenters. The Morgan fingerprint density at radius 2 is 1.74 bits per heavy atom. The predicted octanol–water partition coefficient (Wildman–Crippen LogP) is 4.38. The molecule has 0 spiro atoms. The van der Waals surface area contributed by atoms with E-state index in [1.807, 2.05) is 6.07 Å². The summed E-state index contributed by atoms with van der Waals surface area (Å²) in [6.07, 6.45) is 1.41. The number of carbonyl (C=O) groups is 3. The number of carboxylic acid groups (broad SMARTS) is 1. The number of hydrogen-bond acceptors (Lipinski definition) is 6. The van der Waals surface area contributed by atoms with Crippen molar-refractivity contribution < 1.29 is 33.4 Å². The highest BCUT2D eigenvalue weighted by Crippen LogP contribution is 2.35. The van der Waals surface area contributed by atoms with E-state index in [1.54, 1.807) is 42.6 Å². The molecule has 1 saturated carbocycles. The molecule has 4 aromatic rings. The quantitative estimate of drug-likeness (QED) is 0.233. The summed E-state index contributed by atoms with van der Waals surface area (Å²) in [6, 6.07) is 13.0. The van der Waals surface area contributed by atoms with Crippen molar-refractivity contribution in [2.45, 2.75) is 37.5 Å². The van der Waals surface area contributed by atoms with Gasteiger partial charge >= 0.3 is 5.97 Å². The molecule has 1 aliphatic rings. The van der Waals surface area contributed by atoms with Gasteiger partial charge in [0.2, 0.25) is 0 Å². The number of nitriles is 1. The van der Waals surface area contributed by atoms with Crippen LogP contribution in [0.3, 0.4) is 0 Å². The van der Waals surface area contributed by atoms with Crippen molar-refractivity contribution in [2.24, 2.45) is 0 Å². The van der Waals surface area contributed by atoms with Crippen LogP contribution in [-0.2, 0) is 11.2 Å². The van der Waals surface area contributed by atoms with Crippen molar-refractivity contribution in [3.8, 4) is 17.2 Å². The monoisotopic (exact) mass is 604 g/mol. The summed E-state index contributed by atoms with van der Waals surface area (Å²) < 4.78 is 29.8. The Balaban J connectivity index is 1.39. The minimum absolute atomic E-state index is 0.248. The number of fused-ring (bicyclic) bond motifs is 1. The first kappa shape index (κ1) is 29.6. The van der Waals surface area contributed by atoms with Gasteiger partial charge in [0.05, 0.1) is 23.3 Å². The van der Waals surface area contributed by atoms with E-state index >= 15 is 0 Å². The highest BCUT2D eigenvalue weighted by molar-refractivity contribution is 6.33. The van der Waals surface area contributed by atoms with Gasteiger partial charge in [0.25, 0.3) is 11.8 Å². The number of pyridine rings is 1. The third-order valence-corrected chi connectivity index (χ3v) is 7.57. The Labute approximate surface area is 248 Å². The number of carboxylic acids is 1. The van der Waals surface area contributed by atoms with Gasteiger partial charge in [-0.25, -0.2) is 13.6 Å². The Morgan fingerprint density at radius 3 is 2.37 bits per heavy atom. The molecule has 0 unspecified atom stereocenters. The first-order chi connectivity index (χ1) is 20.5. The average Bonchev–Trinajstić information content (AvgIpc) is 2.95. The predicted molar refractivity (Wildman–Crippen MR) is 152 cm³/mol. The number of carbonyl (C=O) groups excluding carboxylic acids is 2. The number of aliphatic hydroxyl groups is 1. The Hall–Kier alpha value is -4.92. The zero-order valence-corrected chi connectivity index (χ0v) is 23.0. The Morgan fingerprint density at radius 1 is 1.05 bits per heavy atom. The lowest BCUT2D eigenvalue weighted by atomic mass is 9.89. The van der Waals surface area contributed by atoms with E-state index in [4.69, 9.17) is 16.9 Å². The highest BCUT2D eigenvalue weighted by atomic mass is 35.5. The zero-order valence-electron chi connectivity index (χ0n) is 22.3. The summed E-state index contributed by atoms with van der Waals surface area (Å²) in [6.45, 7) is 0. The SMILES string of the molecule is N#Cc1ccc(-c2ccc(C[C@H](NC(=O)c3c(F)cc(C(=O)NC4CC(O)C4)cc3F)C(=O)O)c3cccnc23)c(Cl)c1. The van der Waals surface area contributed by atoms with Gasteiger partial charge in [-0.3, -0.25) is 14.6 Å². The number of rotatable bonds is 8. The second-order valence-electron chi connectivity index (χ2n) is 10.2. The number of hydrogen-bond donors (Lipinski definition) is 4. The topological polar surface area (TPSA) is 152 Å². The normalized spacial score (nSPS) is 16.5. The molecule has 1 aliphatic carbocycles. The first-order valence-electron chi connectivity index (χ1n) is 13.1. The Bertz CT molecular complexity index is 1800. The first-order valence-corrected chi connectivity index (χ1v) is 13.5. The number of aliphatic hydroxyl groups excluding tert-OH is 1. The maximum Gasteiger partial charge on any atom is 0.326 e. The molecule has 4 N–H and O–H groups in total. The molecule has 2 amide bonds. The van der Waals surface area contributed by atoms with Gasteiger partial charge < -0.3 is 20.8 Å². The highest BCUT2D eigenvalue weighted by Gasteiger charge is 2.30. The van der Waals surface area contributed by atoms with Crippen LogP contribution >= 0.6 is 11.6 Å². The molecule has 1 heterocycles. The molecule has 3 aromatic carbocycles. The minimum Gasteiger partial charge on any atom is -0.480 e. The number of aromatic nitrogens is 1.